The fourth-order valence-electron chi connectivity index (χ4n) is 1.65. The van der Waals surface area contributed by atoms with Gasteiger partial charge in [-0.3, -0.25) is 0 Å². The molecule has 0 saturated carbocycles. The van der Waals surface area contributed by atoms with Gasteiger partial charge in [0, 0.05) is 18.7 Å². The van der Waals surface area contributed by atoms with Crippen LogP contribution < -0.4 is 0 Å². The van der Waals surface area contributed by atoms with Crippen LogP contribution in [0, 0.1) is 34.4 Å². The molecule has 0 aliphatic carbocycles. The molecule has 0 heterocycles. The molecule has 1 unspecified atom stereocenters. The van der Waals surface area contributed by atoms with Gasteiger partial charge in [0.15, 0.2) is 0 Å². The monoisotopic (exact) mass is 231 g/mol. The van der Waals surface area contributed by atoms with Gasteiger partial charge in [0.25, 0.3) is 0 Å². The Morgan fingerprint density at radius 3 is 2.71 bits per heavy atom. The molecule has 0 fully saturated rings. The maximum Gasteiger partial charge on any atom is 0.145 e. The number of hydrogen-bond donors (Lipinski definition) is 0. The smallest absolute Gasteiger partial charge is 0.145 e. The van der Waals surface area contributed by atoms with Crippen molar-refractivity contribution in [3.8, 4) is 12.1 Å². The number of halogens is 1. The van der Waals surface area contributed by atoms with Gasteiger partial charge in [0.05, 0.1) is 17.6 Å². The van der Waals surface area contributed by atoms with Gasteiger partial charge in [-0.05, 0) is 20.0 Å². The fraction of sp³-hybridized carbons (Fsp3) is 0.385. The Bertz CT molecular complexity index is 471. The third-order valence-electron chi connectivity index (χ3n) is 2.45. The molecule has 1 aromatic rings. The minimum atomic E-state index is -0.466. The van der Waals surface area contributed by atoms with Crippen LogP contribution in [0.1, 0.15) is 18.1 Å². The second-order valence-electron chi connectivity index (χ2n) is 4.12. The zero-order valence-electron chi connectivity index (χ0n) is 9.94. The second-order valence-corrected chi connectivity index (χ2v) is 4.12. The SMILES string of the molecule is CC(C#N)CN(C)Cc1cccc(C#N)c1F. The molecule has 0 aliphatic rings. The molecule has 0 aliphatic heterocycles. The third kappa shape index (κ3) is 3.55. The molecule has 0 radical (unpaired) electrons. The molecule has 0 bridgehead atoms. The van der Waals surface area contributed by atoms with Crippen LogP contribution in [0.25, 0.3) is 0 Å². The lowest BCUT2D eigenvalue weighted by molar-refractivity contribution is 0.298. The van der Waals surface area contributed by atoms with Crippen molar-refractivity contribution in [1.82, 2.24) is 4.90 Å². The summed E-state index contributed by atoms with van der Waals surface area (Å²) in [7, 11) is 1.83. The van der Waals surface area contributed by atoms with Gasteiger partial charge in [-0.25, -0.2) is 4.39 Å². The molecule has 17 heavy (non-hydrogen) atoms. The Morgan fingerprint density at radius 1 is 1.41 bits per heavy atom. The maximum atomic E-state index is 13.7. The Kier molecular flexibility index (Phi) is 4.63. The summed E-state index contributed by atoms with van der Waals surface area (Å²) in [6.45, 7) is 2.79. The van der Waals surface area contributed by atoms with E-state index in [0.717, 1.165) is 0 Å². The number of nitriles is 2. The Labute approximate surface area is 101 Å². The summed E-state index contributed by atoms with van der Waals surface area (Å²) >= 11 is 0. The van der Waals surface area contributed by atoms with E-state index in [1.807, 2.05) is 24.9 Å². The van der Waals surface area contributed by atoms with Crippen molar-refractivity contribution in [2.24, 2.45) is 5.92 Å². The summed E-state index contributed by atoms with van der Waals surface area (Å²) in [6, 6.07) is 8.72. The van der Waals surface area contributed by atoms with Gasteiger partial charge in [-0.15, -0.1) is 0 Å². The average Bonchev–Trinajstić information content (AvgIpc) is 2.31. The molecular formula is C13H14FN3. The molecule has 1 rings (SSSR count). The highest BCUT2D eigenvalue weighted by atomic mass is 19.1. The number of hydrogen-bond acceptors (Lipinski definition) is 3. The van der Waals surface area contributed by atoms with Crippen molar-refractivity contribution in [1.29, 1.82) is 10.5 Å². The van der Waals surface area contributed by atoms with Crippen molar-refractivity contribution in [2.45, 2.75) is 13.5 Å². The van der Waals surface area contributed by atoms with Crippen molar-refractivity contribution in [3.05, 3.63) is 35.1 Å². The first kappa shape index (κ1) is 13.2. The molecule has 3 nitrogen and oxygen atoms in total. The topological polar surface area (TPSA) is 50.8 Å². The van der Waals surface area contributed by atoms with Crippen molar-refractivity contribution >= 4 is 0 Å². The van der Waals surface area contributed by atoms with E-state index in [1.54, 1.807) is 12.1 Å². The van der Waals surface area contributed by atoms with E-state index in [4.69, 9.17) is 10.5 Å². The summed E-state index contributed by atoms with van der Waals surface area (Å²) in [6.07, 6.45) is 0. The van der Waals surface area contributed by atoms with Gasteiger partial charge >= 0.3 is 0 Å². The first-order valence-corrected chi connectivity index (χ1v) is 5.34. The van der Waals surface area contributed by atoms with E-state index in [9.17, 15) is 4.39 Å². The zero-order valence-corrected chi connectivity index (χ0v) is 9.94. The molecular weight excluding hydrogens is 217 g/mol. The quantitative estimate of drug-likeness (QED) is 0.798. The van der Waals surface area contributed by atoms with Crippen molar-refractivity contribution in [2.75, 3.05) is 13.6 Å². The Balaban J connectivity index is 2.76. The highest BCUT2D eigenvalue weighted by Crippen LogP contribution is 2.14. The lowest BCUT2D eigenvalue weighted by Crippen LogP contribution is -2.24. The van der Waals surface area contributed by atoms with Gasteiger partial charge < -0.3 is 4.90 Å². The van der Waals surface area contributed by atoms with Gasteiger partial charge in [-0.1, -0.05) is 12.1 Å². The highest BCUT2D eigenvalue weighted by Gasteiger charge is 2.11. The molecule has 0 amide bonds. The van der Waals surface area contributed by atoms with E-state index >= 15 is 0 Å². The van der Waals surface area contributed by atoms with E-state index in [-0.39, 0.29) is 11.5 Å². The molecule has 0 spiro atoms. The summed E-state index contributed by atoms with van der Waals surface area (Å²) in [4.78, 5) is 1.87. The number of rotatable bonds is 4. The van der Waals surface area contributed by atoms with Crippen molar-refractivity contribution < 1.29 is 4.39 Å². The van der Waals surface area contributed by atoms with Crippen LogP contribution in [-0.4, -0.2) is 18.5 Å². The zero-order chi connectivity index (χ0) is 12.8. The van der Waals surface area contributed by atoms with E-state index in [1.165, 1.54) is 6.07 Å². The molecule has 1 aromatic carbocycles. The van der Waals surface area contributed by atoms with E-state index < -0.39 is 5.82 Å². The van der Waals surface area contributed by atoms with E-state index in [0.29, 0.717) is 18.7 Å². The Morgan fingerprint density at radius 2 is 2.12 bits per heavy atom. The third-order valence-corrected chi connectivity index (χ3v) is 2.45. The van der Waals surface area contributed by atoms with Gasteiger partial charge in [0.1, 0.15) is 11.9 Å². The van der Waals surface area contributed by atoms with Crippen LogP contribution in [0.5, 0.6) is 0 Å². The molecule has 0 saturated heterocycles. The minimum absolute atomic E-state index is 0.0595. The molecule has 4 heteroatoms. The lowest BCUT2D eigenvalue weighted by atomic mass is 10.1. The van der Waals surface area contributed by atoms with Crippen LogP contribution in [0.3, 0.4) is 0 Å². The highest BCUT2D eigenvalue weighted by molar-refractivity contribution is 5.34. The lowest BCUT2D eigenvalue weighted by Gasteiger charge is -2.18. The van der Waals surface area contributed by atoms with Crippen LogP contribution in [-0.2, 0) is 6.54 Å². The number of nitrogens with zero attached hydrogens (tertiary/aromatic N) is 3. The Hall–Kier alpha value is -1.91. The summed E-state index contributed by atoms with van der Waals surface area (Å²) < 4.78 is 13.7. The fourth-order valence-corrected chi connectivity index (χ4v) is 1.65. The summed E-state index contributed by atoms with van der Waals surface area (Å²) in [5, 5.41) is 17.4. The van der Waals surface area contributed by atoms with Crippen LogP contribution in [0.2, 0.25) is 0 Å². The van der Waals surface area contributed by atoms with Crippen LogP contribution in [0.4, 0.5) is 4.39 Å². The predicted molar refractivity (Wildman–Crippen MR) is 62.2 cm³/mol. The first-order valence-electron chi connectivity index (χ1n) is 5.34. The van der Waals surface area contributed by atoms with Gasteiger partial charge in [0.2, 0.25) is 0 Å². The number of benzene rings is 1. The van der Waals surface area contributed by atoms with Gasteiger partial charge in [-0.2, -0.15) is 10.5 Å². The summed E-state index contributed by atoms with van der Waals surface area (Å²) in [5.74, 6) is -0.561. The minimum Gasteiger partial charge on any atom is -0.301 e. The van der Waals surface area contributed by atoms with Crippen LogP contribution >= 0.6 is 0 Å². The molecule has 1 atom stereocenters. The summed E-state index contributed by atoms with van der Waals surface area (Å²) in [5.41, 5.74) is 0.543. The van der Waals surface area contributed by atoms with E-state index in [2.05, 4.69) is 6.07 Å². The van der Waals surface area contributed by atoms with Crippen molar-refractivity contribution in [3.63, 3.8) is 0 Å². The molecule has 88 valence electrons. The standard InChI is InChI=1S/C13H14FN3/c1-10(6-15)8-17(2)9-12-5-3-4-11(7-16)13(12)14/h3-5,10H,8-9H2,1-2H3. The predicted octanol–water partition coefficient (Wildman–Crippen LogP) is 2.29. The molecule has 0 aromatic heterocycles. The molecule has 0 N–H and O–H groups in total. The second kappa shape index (κ2) is 5.98. The largest absolute Gasteiger partial charge is 0.301 e. The average molecular weight is 231 g/mol. The maximum absolute atomic E-state index is 13.7. The van der Waals surface area contributed by atoms with Crippen LogP contribution in [0.15, 0.2) is 18.2 Å². The first-order chi connectivity index (χ1) is 8.08. The normalized spacial score (nSPS) is 11.9.